The normalized spacial score (nSPS) is 42.0. The van der Waals surface area contributed by atoms with Crippen molar-refractivity contribution in [3.8, 4) is 0 Å². The van der Waals surface area contributed by atoms with Crippen LogP contribution in [0.25, 0.3) is 0 Å². The molecule has 0 aromatic heterocycles. The Morgan fingerprint density at radius 3 is 1.94 bits per heavy atom. The number of rotatable bonds is 2. The van der Waals surface area contributed by atoms with E-state index in [4.69, 9.17) is 18.9 Å². The Hall–Kier alpha value is -0.230. The molecule has 2 aliphatic heterocycles. The van der Waals surface area contributed by atoms with E-state index >= 15 is 4.39 Å². The van der Waals surface area contributed by atoms with Gasteiger partial charge in [-0.2, -0.15) is 0 Å². The third-order valence-corrected chi connectivity index (χ3v) is 9.46. The highest BCUT2D eigenvalue weighted by Crippen LogP contribution is 2.67. The minimum Gasteiger partial charge on any atom is -0.348 e. The maximum atomic E-state index is 16.0. The van der Waals surface area contributed by atoms with Crippen molar-refractivity contribution in [2.24, 2.45) is 28.6 Å². The van der Waals surface area contributed by atoms with Crippen molar-refractivity contribution in [1.82, 2.24) is 0 Å². The minimum absolute atomic E-state index is 0. The molecular weight excluding hydrogens is 395 g/mol. The lowest BCUT2D eigenvalue weighted by Crippen LogP contribution is -2.58. The monoisotopic (exact) mass is 442 g/mol. The van der Waals surface area contributed by atoms with Gasteiger partial charge in [-0.1, -0.05) is 48.5 Å². The molecule has 5 atom stereocenters. The summed E-state index contributed by atoms with van der Waals surface area (Å²) in [4.78, 5) is 0. The topological polar surface area (TPSA) is 36.9 Å². The summed E-state index contributed by atoms with van der Waals surface area (Å²) in [6.07, 6.45) is 6.64. The van der Waals surface area contributed by atoms with Gasteiger partial charge in [0.1, 0.15) is 6.17 Å². The highest BCUT2D eigenvalue weighted by atomic mass is 19.1. The van der Waals surface area contributed by atoms with Crippen LogP contribution >= 0.6 is 0 Å². The second kappa shape index (κ2) is 9.19. The van der Waals surface area contributed by atoms with Crippen LogP contribution in [0.15, 0.2) is 0 Å². The number of hydrogen-bond acceptors (Lipinski definition) is 4. The van der Waals surface area contributed by atoms with Crippen molar-refractivity contribution in [1.29, 1.82) is 0 Å². The smallest absolute Gasteiger partial charge is 0.174 e. The summed E-state index contributed by atoms with van der Waals surface area (Å²) in [7, 11) is 0. The SMILES string of the molecule is C.CC.CCC1C(C2(C)CCC3(CC2)OCCO3)C(F)CC2(C)C1CCC21OCCO1. The van der Waals surface area contributed by atoms with Gasteiger partial charge in [-0.3, -0.25) is 0 Å². The Kier molecular flexibility index (Phi) is 7.53. The Bertz CT molecular complexity index is 588. The maximum Gasteiger partial charge on any atom is 0.174 e. The van der Waals surface area contributed by atoms with Gasteiger partial charge in [0.25, 0.3) is 0 Å². The van der Waals surface area contributed by atoms with Gasteiger partial charge in [0.05, 0.1) is 26.4 Å². The highest BCUT2D eigenvalue weighted by Gasteiger charge is 2.68. The van der Waals surface area contributed by atoms with E-state index < -0.39 is 12.0 Å². The zero-order chi connectivity index (χ0) is 21.6. The maximum absolute atomic E-state index is 16.0. The summed E-state index contributed by atoms with van der Waals surface area (Å²) in [5.74, 6) is 0.0818. The molecule has 5 fully saturated rings. The zero-order valence-electron chi connectivity index (χ0n) is 19.8. The van der Waals surface area contributed by atoms with E-state index in [9.17, 15) is 0 Å². The molecule has 2 spiro atoms. The first-order valence-corrected chi connectivity index (χ1v) is 12.6. The molecule has 2 saturated heterocycles. The van der Waals surface area contributed by atoms with E-state index in [1.165, 1.54) is 0 Å². The van der Waals surface area contributed by atoms with Crippen molar-refractivity contribution in [2.75, 3.05) is 26.4 Å². The average molecular weight is 443 g/mol. The molecule has 0 N–H and O–H groups in total. The molecule has 5 heteroatoms. The summed E-state index contributed by atoms with van der Waals surface area (Å²) >= 11 is 0. The van der Waals surface area contributed by atoms with Gasteiger partial charge in [-0.15, -0.1) is 0 Å². The van der Waals surface area contributed by atoms with Gasteiger partial charge in [-0.05, 0) is 48.9 Å². The van der Waals surface area contributed by atoms with Gasteiger partial charge in [-0.25, -0.2) is 4.39 Å². The summed E-state index contributed by atoms with van der Waals surface area (Å²) in [6.45, 7) is 13.6. The quantitative estimate of drug-likeness (QED) is 0.488. The summed E-state index contributed by atoms with van der Waals surface area (Å²) < 4.78 is 40.2. The first-order valence-electron chi connectivity index (χ1n) is 12.6. The summed E-state index contributed by atoms with van der Waals surface area (Å²) in [5, 5.41) is 0. The molecule has 31 heavy (non-hydrogen) atoms. The number of alkyl halides is 1. The molecule has 0 amide bonds. The lowest BCUT2D eigenvalue weighted by molar-refractivity contribution is -0.255. The van der Waals surface area contributed by atoms with Crippen LogP contribution in [0, 0.1) is 28.6 Å². The van der Waals surface area contributed by atoms with Crippen molar-refractivity contribution in [3.05, 3.63) is 0 Å². The molecular formula is C26H47FO4. The van der Waals surface area contributed by atoms with Crippen LogP contribution < -0.4 is 0 Å². The van der Waals surface area contributed by atoms with Gasteiger partial charge in [0, 0.05) is 24.7 Å². The molecule has 2 heterocycles. The van der Waals surface area contributed by atoms with Crippen molar-refractivity contribution < 1.29 is 23.3 Å². The van der Waals surface area contributed by atoms with Gasteiger partial charge < -0.3 is 18.9 Å². The van der Waals surface area contributed by atoms with Crippen LogP contribution in [0.3, 0.4) is 0 Å². The Morgan fingerprint density at radius 2 is 1.39 bits per heavy atom. The molecule has 0 radical (unpaired) electrons. The molecule has 5 aliphatic rings. The van der Waals surface area contributed by atoms with E-state index in [-0.39, 0.29) is 30.0 Å². The zero-order valence-corrected chi connectivity index (χ0v) is 19.8. The molecule has 0 bridgehead atoms. The fourth-order valence-corrected chi connectivity index (χ4v) is 8.02. The second-order valence-electron chi connectivity index (χ2n) is 10.6. The van der Waals surface area contributed by atoms with Gasteiger partial charge in [0.2, 0.25) is 0 Å². The Balaban J connectivity index is 0.000000883. The molecule has 0 aromatic rings. The molecule has 3 aliphatic carbocycles. The first-order chi connectivity index (χ1) is 14.4. The molecule has 5 rings (SSSR count). The molecule has 3 saturated carbocycles. The highest BCUT2D eigenvalue weighted by molar-refractivity contribution is 5.13. The van der Waals surface area contributed by atoms with Crippen LogP contribution in [-0.4, -0.2) is 44.2 Å². The first kappa shape index (κ1) is 25.4. The van der Waals surface area contributed by atoms with Gasteiger partial charge >= 0.3 is 0 Å². The van der Waals surface area contributed by atoms with Crippen LogP contribution in [-0.2, 0) is 18.9 Å². The second-order valence-corrected chi connectivity index (χ2v) is 10.6. The van der Waals surface area contributed by atoms with Crippen LogP contribution in [0.4, 0.5) is 4.39 Å². The third-order valence-electron chi connectivity index (χ3n) is 9.46. The predicted molar refractivity (Wildman–Crippen MR) is 122 cm³/mol. The number of fused-ring (bicyclic) bond motifs is 2. The van der Waals surface area contributed by atoms with Gasteiger partial charge in [0.15, 0.2) is 11.6 Å². The van der Waals surface area contributed by atoms with E-state index in [1.54, 1.807) is 0 Å². The lowest BCUT2D eigenvalue weighted by atomic mass is 9.50. The summed E-state index contributed by atoms with van der Waals surface area (Å²) in [6, 6.07) is 0. The van der Waals surface area contributed by atoms with Crippen molar-refractivity contribution in [2.45, 2.75) is 111 Å². The van der Waals surface area contributed by atoms with E-state index in [1.807, 2.05) is 13.8 Å². The molecule has 0 aromatic carbocycles. The largest absolute Gasteiger partial charge is 0.348 e. The van der Waals surface area contributed by atoms with Crippen molar-refractivity contribution >= 4 is 0 Å². The molecule has 4 nitrogen and oxygen atoms in total. The summed E-state index contributed by atoms with van der Waals surface area (Å²) in [5.41, 5.74) is -0.181. The Morgan fingerprint density at radius 1 is 0.839 bits per heavy atom. The number of ether oxygens (including phenoxy) is 4. The molecule has 5 unspecified atom stereocenters. The van der Waals surface area contributed by atoms with Crippen LogP contribution in [0.1, 0.15) is 93.4 Å². The van der Waals surface area contributed by atoms with Crippen LogP contribution in [0.5, 0.6) is 0 Å². The van der Waals surface area contributed by atoms with E-state index in [0.29, 0.717) is 44.7 Å². The number of hydrogen-bond donors (Lipinski definition) is 0. The van der Waals surface area contributed by atoms with E-state index in [0.717, 1.165) is 44.9 Å². The minimum atomic E-state index is -0.793. The fraction of sp³-hybridized carbons (Fsp3) is 1.00. The Labute approximate surface area is 189 Å². The fourth-order valence-electron chi connectivity index (χ4n) is 8.02. The standard InChI is InChI=1S/C23H37FO4.C2H6.CH4/c1-4-16-17-5-6-23(27-13-14-28-23)21(17,3)15-18(24)19(16)20(2)7-9-22(10-8-20)25-11-12-26-22;1-2;/h16-19H,4-15H2,1-3H3;1-2H3;1H4. The number of halogens is 1. The van der Waals surface area contributed by atoms with Crippen molar-refractivity contribution in [3.63, 3.8) is 0 Å². The lowest BCUT2D eigenvalue weighted by Gasteiger charge is -2.57. The third kappa shape index (κ3) is 3.80. The van der Waals surface area contributed by atoms with E-state index in [2.05, 4.69) is 20.8 Å². The average Bonchev–Trinajstić information content (AvgIpc) is 3.47. The molecule has 182 valence electrons. The predicted octanol–water partition coefficient (Wildman–Crippen LogP) is 6.52. The van der Waals surface area contributed by atoms with Crippen LogP contribution in [0.2, 0.25) is 0 Å².